The summed E-state index contributed by atoms with van der Waals surface area (Å²) in [4.78, 5) is 81.0. The average Bonchev–Trinajstić information content (AvgIpc) is 3.46. The molecule has 47 heavy (non-hydrogen) atoms. The first kappa shape index (κ1) is 42.3. The van der Waals surface area contributed by atoms with Crippen molar-refractivity contribution in [1.29, 1.82) is 0 Å². The zero-order valence-electron chi connectivity index (χ0n) is 26.5. The number of amides is 2. The van der Waals surface area contributed by atoms with E-state index in [1.54, 1.807) is 19.6 Å². The van der Waals surface area contributed by atoms with Gasteiger partial charge in [0, 0.05) is 82.4 Å². The first-order valence-corrected chi connectivity index (χ1v) is 15.3. The Hall–Kier alpha value is -2.68. The number of ketones is 1. The fourth-order valence-electron chi connectivity index (χ4n) is 5.63. The van der Waals surface area contributed by atoms with Gasteiger partial charge in [-0.15, -0.1) is 0 Å². The van der Waals surface area contributed by atoms with Gasteiger partial charge in [0.2, 0.25) is 11.8 Å². The number of hydrogen-bond acceptors (Lipinski definition) is 13. The minimum absolute atomic E-state index is 0. The Morgan fingerprint density at radius 2 is 1.13 bits per heavy atom. The maximum atomic E-state index is 13.1. The second-order valence-corrected chi connectivity index (χ2v) is 11.8. The van der Waals surface area contributed by atoms with Gasteiger partial charge in [0.05, 0.1) is 44.6 Å². The molecule has 0 spiro atoms. The molecular formula is C27H47BCuN6O12. The summed E-state index contributed by atoms with van der Waals surface area (Å²) in [7, 11) is -1.72. The Morgan fingerprint density at radius 3 is 1.49 bits per heavy atom. The Labute approximate surface area is 284 Å². The molecule has 0 aromatic heterocycles. The molecule has 2 amide bonds. The van der Waals surface area contributed by atoms with Gasteiger partial charge in [-0.3, -0.25) is 48.4 Å². The van der Waals surface area contributed by atoms with E-state index in [1.165, 1.54) is 11.8 Å². The minimum Gasteiger partial charge on any atom is -0.480 e. The quantitative estimate of drug-likeness (QED) is 0.0788. The van der Waals surface area contributed by atoms with Gasteiger partial charge in [0.1, 0.15) is 11.8 Å². The van der Waals surface area contributed by atoms with Crippen molar-refractivity contribution < 1.29 is 76.3 Å². The molecule has 2 saturated heterocycles. The Bertz CT molecular complexity index is 1040. The van der Waals surface area contributed by atoms with Gasteiger partial charge in [-0.2, -0.15) is 0 Å². The van der Waals surface area contributed by atoms with E-state index in [1.807, 2.05) is 0 Å². The zero-order chi connectivity index (χ0) is 34.4. The van der Waals surface area contributed by atoms with E-state index in [0.29, 0.717) is 19.4 Å². The van der Waals surface area contributed by atoms with Crippen molar-refractivity contribution in [3.8, 4) is 0 Å². The van der Waals surface area contributed by atoms with Crippen molar-refractivity contribution in [3.05, 3.63) is 0 Å². The van der Waals surface area contributed by atoms with Crippen LogP contribution in [-0.2, 0) is 45.8 Å². The second-order valence-electron chi connectivity index (χ2n) is 11.8. The van der Waals surface area contributed by atoms with Crippen molar-refractivity contribution in [3.63, 3.8) is 0 Å². The van der Waals surface area contributed by atoms with Crippen LogP contribution in [0.25, 0.3) is 0 Å². The van der Waals surface area contributed by atoms with Crippen molar-refractivity contribution in [2.75, 3.05) is 91.7 Å². The van der Waals surface area contributed by atoms with Crippen LogP contribution in [0.5, 0.6) is 0 Å². The van der Waals surface area contributed by atoms with E-state index in [-0.39, 0.29) is 102 Å². The van der Waals surface area contributed by atoms with Crippen molar-refractivity contribution in [1.82, 2.24) is 29.8 Å². The zero-order valence-corrected chi connectivity index (χ0v) is 27.4. The molecule has 3 atom stereocenters. The van der Waals surface area contributed by atoms with Crippen LogP contribution in [0.1, 0.15) is 26.2 Å². The van der Waals surface area contributed by atoms with E-state index in [4.69, 9.17) is 0 Å². The summed E-state index contributed by atoms with van der Waals surface area (Å²) in [6.07, 6.45) is 0.618. The summed E-state index contributed by atoms with van der Waals surface area (Å²) in [5.74, 6) is -6.83. The molecule has 2 heterocycles. The fourth-order valence-corrected chi connectivity index (χ4v) is 5.63. The van der Waals surface area contributed by atoms with Crippen LogP contribution in [0.15, 0.2) is 0 Å². The van der Waals surface area contributed by atoms with Crippen molar-refractivity contribution >= 4 is 42.6 Å². The maximum absolute atomic E-state index is 13.1. The number of Topliss-reactive ketones (excluding diaryl/α,β-unsaturated/α-hetero) is 1. The minimum atomic E-state index is -1.72. The third-order valence-corrected chi connectivity index (χ3v) is 8.13. The predicted molar refractivity (Wildman–Crippen MR) is 161 cm³/mol. The number of carbonyl (C=O) groups excluding carboxylic acids is 3. The number of rotatable bonds is 15. The number of aliphatic carboxylic acids is 3. The molecule has 0 unspecified atom stereocenters. The SMILES string of the molecule is C[C@@H](NC(=O)[C@H](CO)CC(=O)CN1CCN(CC(=O)O)CCN(CC(=O)O)CCN(CC(=O)O)CC1)C(=O)N1CCC[C@H]1B(O)O.[Cu]. The molecular weight excluding hydrogens is 675 g/mol. The number of carboxylic acid groups (broad SMARTS) is 3. The Morgan fingerprint density at radius 1 is 0.723 bits per heavy atom. The van der Waals surface area contributed by atoms with E-state index >= 15 is 0 Å². The molecule has 7 N–H and O–H groups in total. The predicted octanol–water partition coefficient (Wildman–Crippen LogP) is -4.47. The molecule has 0 aromatic carbocycles. The summed E-state index contributed by atoms with van der Waals surface area (Å²) in [5.41, 5.74) is 0. The van der Waals surface area contributed by atoms with Crippen LogP contribution < -0.4 is 5.32 Å². The van der Waals surface area contributed by atoms with Crippen LogP contribution >= 0.6 is 0 Å². The molecule has 2 aliphatic rings. The number of nitrogens with zero attached hydrogens (tertiary/aromatic N) is 5. The molecule has 1 radical (unpaired) electrons. The Kier molecular flexibility index (Phi) is 19.2. The van der Waals surface area contributed by atoms with Crippen molar-refractivity contribution in [2.24, 2.45) is 5.92 Å². The van der Waals surface area contributed by atoms with Crippen LogP contribution in [0.4, 0.5) is 0 Å². The summed E-state index contributed by atoms with van der Waals surface area (Å²) < 4.78 is 0. The summed E-state index contributed by atoms with van der Waals surface area (Å²) in [6.45, 7) is 1.72. The van der Waals surface area contributed by atoms with E-state index < -0.39 is 67.1 Å². The summed E-state index contributed by atoms with van der Waals surface area (Å²) in [5, 5.41) is 59.5. The van der Waals surface area contributed by atoms with Gasteiger partial charge in [-0.1, -0.05) is 0 Å². The van der Waals surface area contributed by atoms with Crippen LogP contribution in [0.2, 0.25) is 0 Å². The standard InChI is InChI=1S/C27H47BN6O12.Cu/c1-19(27(44)34-4-2-3-22(34)28(45)46)29-26(43)20(18-35)13-21(36)14-30-5-7-31(15-23(37)38)9-11-33(17-25(41)42)12-10-32(8-6-30)16-24(39)40;/h19-20,22,35,45-46H,2-18H2,1H3,(H,29,43)(H,37,38)(H,39,40)(H,41,42);/t19-,20+,22+;/m1./s1. The first-order chi connectivity index (χ1) is 21.7. The average molecular weight is 722 g/mol. The third kappa shape index (κ3) is 15.4. The molecule has 20 heteroatoms. The number of nitrogens with one attached hydrogen (secondary N) is 1. The molecule has 271 valence electrons. The number of aliphatic hydroxyl groups excluding tert-OH is 1. The molecule has 2 aliphatic heterocycles. The number of likely N-dealkylation sites (tertiary alicyclic amines) is 1. The number of hydrogen-bond donors (Lipinski definition) is 7. The molecule has 2 rings (SSSR count). The molecule has 18 nitrogen and oxygen atoms in total. The van der Waals surface area contributed by atoms with Crippen molar-refractivity contribution in [2.45, 2.75) is 38.2 Å². The topological polar surface area (TPSA) is 252 Å². The van der Waals surface area contributed by atoms with Gasteiger partial charge < -0.3 is 40.7 Å². The van der Waals surface area contributed by atoms with E-state index in [0.717, 1.165) is 0 Å². The Balaban J connectivity index is 0.0000110. The summed E-state index contributed by atoms with van der Waals surface area (Å²) >= 11 is 0. The first-order valence-electron chi connectivity index (χ1n) is 15.3. The smallest absolute Gasteiger partial charge is 0.475 e. The monoisotopic (exact) mass is 721 g/mol. The van der Waals surface area contributed by atoms with Gasteiger partial charge in [0.25, 0.3) is 0 Å². The van der Waals surface area contributed by atoms with Gasteiger partial charge >= 0.3 is 25.0 Å². The molecule has 2 fully saturated rings. The van der Waals surface area contributed by atoms with Crippen LogP contribution in [0, 0.1) is 5.92 Å². The molecule has 0 bridgehead atoms. The maximum Gasteiger partial charge on any atom is 0.475 e. The molecule has 0 aliphatic carbocycles. The third-order valence-electron chi connectivity index (χ3n) is 8.13. The molecule has 0 aromatic rings. The number of aliphatic hydroxyl groups is 1. The molecule has 0 saturated carbocycles. The normalized spacial score (nSPS) is 20.6. The summed E-state index contributed by atoms with van der Waals surface area (Å²) in [6, 6.07) is -1.04. The van der Waals surface area contributed by atoms with E-state index in [2.05, 4.69) is 5.32 Å². The number of carbonyl (C=O) groups is 6. The van der Waals surface area contributed by atoms with Crippen LogP contribution in [0.3, 0.4) is 0 Å². The van der Waals surface area contributed by atoms with Gasteiger partial charge in [-0.25, -0.2) is 0 Å². The van der Waals surface area contributed by atoms with Gasteiger partial charge in [0.15, 0.2) is 0 Å². The number of carboxylic acids is 3. The van der Waals surface area contributed by atoms with Gasteiger partial charge in [-0.05, 0) is 19.8 Å². The fraction of sp³-hybridized carbons (Fsp3) is 0.778. The largest absolute Gasteiger partial charge is 0.480 e. The van der Waals surface area contributed by atoms with Crippen LogP contribution in [-0.4, -0.2) is 201 Å². The second kappa shape index (κ2) is 21.3. The van der Waals surface area contributed by atoms with E-state index in [9.17, 15) is 59.2 Å².